The highest BCUT2D eigenvalue weighted by Gasteiger charge is 2.21. The number of ether oxygens (including phenoxy) is 1. The Kier molecular flexibility index (Phi) is 7.70. The van der Waals surface area contributed by atoms with E-state index in [2.05, 4.69) is 50.7 Å². The number of rotatable bonds is 8. The van der Waals surface area contributed by atoms with Crippen LogP contribution in [0.3, 0.4) is 0 Å². The summed E-state index contributed by atoms with van der Waals surface area (Å²) in [6.07, 6.45) is 5.94. The molecule has 0 amide bonds. The standard InChI is InChI=1S/C29H21Cl4N2OS2/c30-20-7-8-23(26(33)11-20)27(36-14-19-16-38-29-22(19)4-2-6-25(29)32)13-35-10-9-34(17-35)12-18-15-37-28-21(18)3-1-5-24(28)31/h1-11,15-17,27H,12-14H2/q+1. The zero-order chi connectivity index (χ0) is 26.2. The number of halogens is 4. The first-order chi connectivity index (χ1) is 18.5. The molecule has 3 nitrogen and oxygen atoms in total. The molecule has 6 aromatic rings. The van der Waals surface area contributed by atoms with Gasteiger partial charge in [-0.1, -0.05) is 76.7 Å². The fourth-order valence-electron chi connectivity index (χ4n) is 4.61. The molecule has 0 saturated carbocycles. The molecule has 3 heterocycles. The summed E-state index contributed by atoms with van der Waals surface area (Å²) >= 11 is 28.9. The Balaban J connectivity index is 1.24. The topological polar surface area (TPSA) is 18.0 Å². The molecule has 0 spiro atoms. The van der Waals surface area contributed by atoms with Crippen molar-refractivity contribution < 1.29 is 9.30 Å². The average Bonchev–Trinajstić information content (AvgIpc) is 3.63. The summed E-state index contributed by atoms with van der Waals surface area (Å²) in [6, 6.07) is 17.6. The fraction of sp³-hybridized carbons (Fsp3) is 0.138. The van der Waals surface area contributed by atoms with Crippen molar-refractivity contribution in [1.29, 1.82) is 0 Å². The van der Waals surface area contributed by atoms with Gasteiger partial charge < -0.3 is 4.74 Å². The second kappa shape index (κ2) is 11.2. The van der Waals surface area contributed by atoms with Gasteiger partial charge in [-0.2, -0.15) is 0 Å². The minimum absolute atomic E-state index is 0.282. The Morgan fingerprint density at radius 3 is 2.21 bits per heavy atom. The highest BCUT2D eigenvalue weighted by molar-refractivity contribution is 7.18. The van der Waals surface area contributed by atoms with Gasteiger partial charge in [0.1, 0.15) is 31.6 Å². The van der Waals surface area contributed by atoms with Gasteiger partial charge in [-0.05, 0) is 46.0 Å². The monoisotopic (exact) mass is 617 g/mol. The number of hydrogen-bond acceptors (Lipinski definition) is 3. The first-order valence-corrected chi connectivity index (χ1v) is 15.1. The van der Waals surface area contributed by atoms with Crippen molar-refractivity contribution in [2.75, 3.05) is 0 Å². The van der Waals surface area contributed by atoms with Crippen LogP contribution in [0.15, 0.2) is 84.1 Å². The van der Waals surface area contributed by atoms with E-state index in [1.54, 1.807) is 28.7 Å². The highest BCUT2D eigenvalue weighted by atomic mass is 35.5. The summed E-state index contributed by atoms with van der Waals surface area (Å²) in [7, 11) is 0. The van der Waals surface area contributed by atoms with Gasteiger partial charge >= 0.3 is 0 Å². The number of hydrogen-bond donors (Lipinski definition) is 0. The molecule has 0 N–H and O–H groups in total. The first-order valence-electron chi connectivity index (χ1n) is 11.9. The molecule has 9 heteroatoms. The van der Waals surface area contributed by atoms with E-state index in [9.17, 15) is 0 Å². The largest absolute Gasteiger partial charge is 0.365 e. The number of thiophene rings is 2. The van der Waals surface area contributed by atoms with Crippen molar-refractivity contribution in [2.24, 2.45) is 0 Å². The Bertz CT molecular complexity index is 1760. The molecule has 1 unspecified atom stereocenters. The Morgan fingerprint density at radius 2 is 1.50 bits per heavy atom. The van der Waals surface area contributed by atoms with E-state index in [-0.39, 0.29) is 6.10 Å². The Labute approximate surface area is 248 Å². The van der Waals surface area contributed by atoms with Gasteiger partial charge in [-0.25, -0.2) is 9.13 Å². The van der Waals surface area contributed by atoms with E-state index in [1.807, 2.05) is 36.4 Å². The van der Waals surface area contributed by atoms with Crippen LogP contribution >= 0.6 is 69.1 Å². The quantitative estimate of drug-likeness (QED) is 0.155. The van der Waals surface area contributed by atoms with Crippen LogP contribution in [0.1, 0.15) is 22.8 Å². The highest BCUT2D eigenvalue weighted by Crippen LogP contribution is 2.35. The first kappa shape index (κ1) is 26.1. The molecule has 0 bridgehead atoms. The van der Waals surface area contributed by atoms with Gasteiger partial charge in [0.25, 0.3) is 0 Å². The number of fused-ring (bicyclic) bond motifs is 2. The number of imidazole rings is 1. The molecular weight excluding hydrogens is 598 g/mol. The third-order valence-electron chi connectivity index (χ3n) is 6.49. The van der Waals surface area contributed by atoms with Crippen LogP contribution < -0.4 is 4.57 Å². The summed E-state index contributed by atoms with van der Waals surface area (Å²) in [5.41, 5.74) is 3.24. The Morgan fingerprint density at radius 1 is 0.816 bits per heavy atom. The number of nitrogens with zero attached hydrogens (tertiary/aromatic N) is 2. The molecule has 0 saturated heterocycles. The molecule has 3 aromatic carbocycles. The van der Waals surface area contributed by atoms with E-state index >= 15 is 0 Å². The van der Waals surface area contributed by atoms with E-state index in [0.717, 1.165) is 42.5 Å². The predicted molar refractivity (Wildman–Crippen MR) is 161 cm³/mol. The van der Waals surface area contributed by atoms with Gasteiger partial charge in [0.05, 0.1) is 26.1 Å². The summed E-state index contributed by atoms with van der Waals surface area (Å²) in [5, 5.41) is 9.33. The van der Waals surface area contributed by atoms with Crippen LogP contribution in [0.5, 0.6) is 0 Å². The third-order valence-corrected chi connectivity index (χ3v) is 10.1. The van der Waals surface area contributed by atoms with Crippen molar-refractivity contribution in [2.45, 2.75) is 25.8 Å². The minimum Gasteiger partial charge on any atom is -0.365 e. The molecule has 0 fully saturated rings. The molecule has 6 rings (SSSR count). The number of aromatic nitrogens is 2. The maximum Gasteiger partial charge on any atom is 0.244 e. The molecule has 192 valence electrons. The van der Waals surface area contributed by atoms with Crippen molar-refractivity contribution >= 4 is 89.2 Å². The summed E-state index contributed by atoms with van der Waals surface area (Å²) in [6.45, 7) is 1.78. The smallest absolute Gasteiger partial charge is 0.244 e. The molecule has 0 aliphatic heterocycles. The predicted octanol–water partition coefficient (Wildman–Crippen LogP) is 9.82. The van der Waals surface area contributed by atoms with Crippen LogP contribution in [0, 0.1) is 0 Å². The van der Waals surface area contributed by atoms with E-state index < -0.39 is 0 Å². The SMILES string of the molecule is Clc1ccc(C(Cn2cc[n+](Cc3csc4c(Cl)cccc34)c2)OCc2csc3c(Cl)cccc23)c(Cl)c1. The van der Waals surface area contributed by atoms with Gasteiger partial charge in [-0.3, -0.25) is 0 Å². The molecular formula is C29H21Cl4N2OS2+. The maximum atomic E-state index is 6.63. The maximum absolute atomic E-state index is 6.63. The molecule has 0 aliphatic rings. The van der Waals surface area contributed by atoms with Gasteiger partial charge in [0.2, 0.25) is 6.33 Å². The van der Waals surface area contributed by atoms with Gasteiger partial charge in [-0.15, -0.1) is 22.7 Å². The molecule has 1 atom stereocenters. The second-order valence-corrected chi connectivity index (χ2v) is 12.4. The molecule has 38 heavy (non-hydrogen) atoms. The zero-order valence-corrected chi connectivity index (χ0v) is 24.6. The van der Waals surface area contributed by atoms with Crippen LogP contribution in [-0.2, 0) is 24.4 Å². The molecule has 3 aromatic heterocycles. The number of benzene rings is 3. The zero-order valence-electron chi connectivity index (χ0n) is 19.9. The van der Waals surface area contributed by atoms with Crippen molar-refractivity contribution in [3.8, 4) is 0 Å². The van der Waals surface area contributed by atoms with Crippen molar-refractivity contribution in [1.82, 2.24) is 4.57 Å². The van der Waals surface area contributed by atoms with Gasteiger partial charge in [0.15, 0.2) is 0 Å². The lowest BCUT2D eigenvalue weighted by Crippen LogP contribution is -2.31. The molecule has 0 radical (unpaired) electrons. The van der Waals surface area contributed by atoms with Crippen LogP contribution in [0.2, 0.25) is 20.1 Å². The Hall–Kier alpha value is -2.09. The minimum atomic E-state index is -0.282. The normalized spacial score (nSPS) is 12.5. The van der Waals surface area contributed by atoms with Crippen LogP contribution in [0.4, 0.5) is 0 Å². The molecule has 0 aliphatic carbocycles. The summed E-state index contributed by atoms with van der Waals surface area (Å²) in [4.78, 5) is 0. The van der Waals surface area contributed by atoms with Gasteiger partial charge in [0, 0.05) is 26.6 Å². The van der Waals surface area contributed by atoms with E-state index in [1.165, 1.54) is 10.9 Å². The van der Waals surface area contributed by atoms with E-state index in [4.69, 9.17) is 51.1 Å². The van der Waals surface area contributed by atoms with Crippen LogP contribution in [0.25, 0.3) is 20.2 Å². The summed E-state index contributed by atoms with van der Waals surface area (Å²) < 4.78 is 13.0. The van der Waals surface area contributed by atoms with Crippen LogP contribution in [-0.4, -0.2) is 4.57 Å². The third kappa shape index (κ3) is 5.34. The lowest BCUT2D eigenvalue weighted by molar-refractivity contribution is -0.687. The van der Waals surface area contributed by atoms with E-state index in [0.29, 0.717) is 23.2 Å². The summed E-state index contributed by atoms with van der Waals surface area (Å²) in [5.74, 6) is 0. The van der Waals surface area contributed by atoms with Crippen molar-refractivity contribution in [3.05, 3.63) is 121 Å². The average molecular weight is 619 g/mol. The van der Waals surface area contributed by atoms with Crippen molar-refractivity contribution in [3.63, 3.8) is 0 Å². The fourth-order valence-corrected chi connectivity index (χ4v) is 7.68. The lowest BCUT2D eigenvalue weighted by Gasteiger charge is -2.18. The lowest BCUT2D eigenvalue weighted by atomic mass is 10.1. The second-order valence-electron chi connectivity index (χ2n) is 9.00.